The summed E-state index contributed by atoms with van der Waals surface area (Å²) >= 11 is 0. The van der Waals surface area contributed by atoms with Gasteiger partial charge in [0.05, 0.1) is 18.8 Å². The molecule has 0 atom stereocenters. The SMILES string of the molecule is CCOC(=O)c1cc(-c2ccc(F)cc2)n(CC(=O)NCCOC)c1C. The van der Waals surface area contributed by atoms with Crippen molar-refractivity contribution < 1.29 is 23.5 Å². The van der Waals surface area contributed by atoms with Gasteiger partial charge in [0.25, 0.3) is 0 Å². The zero-order valence-corrected chi connectivity index (χ0v) is 15.2. The first-order valence-corrected chi connectivity index (χ1v) is 8.36. The summed E-state index contributed by atoms with van der Waals surface area (Å²) < 4.78 is 25.0. The third kappa shape index (κ3) is 4.70. The molecular weight excluding hydrogens is 339 g/mol. The lowest BCUT2D eigenvalue weighted by molar-refractivity contribution is -0.121. The average Bonchev–Trinajstić information content (AvgIpc) is 2.93. The van der Waals surface area contributed by atoms with E-state index in [2.05, 4.69) is 5.32 Å². The number of halogens is 1. The van der Waals surface area contributed by atoms with Crippen LogP contribution in [-0.4, -0.2) is 43.3 Å². The number of carbonyl (C=O) groups excluding carboxylic acids is 2. The van der Waals surface area contributed by atoms with Gasteiger partial charge in [0.1, 0.15) is 12.4 Å². The minimum atomic E-state index is -0.452. The van der Waals surface area contributed by atoms with Gasteiger partial charge in [-0.2, -0.15) is 0 Å². The number of hydrogen-bond donors (Lipinski definition) is 1. The number of ether oxygens (including phenoxy) is 2. The van der Waals surface area contributed by atoms with Crippen LogP contribution in [0.4, 0.5) is 4.39 Å². The van der Waals surface area contributed by atoms with Gasteiger partial charge in [0.15, 0.2) is 0 Å². The summed E-state index contributed by atoms with van der Waals surface area (Å²) in [6.07, 6.45) is 0. The maximum atomic E-state index is 13.2. The number of nitrogens with zero attached hydrogens (tertiary/aromatic N) is 1. The first-order chi connectivity index (χ1) is 12.5. The molecule has 0 spiro atoms. The van der Waals surface area contributed by atoms with E-state index in [1.54, 1.807) is 43.7 Å². The van der Waals surface area contributed by atoms with Gasteiger partial charge >= 0.3 is 5.97 Å². The minimum Gasteiger partial charge on any atom is -0.462 e. The van der Waals surface area contributed by atoms with Crippen LogP contribution in [0.3, 0.4) is 0 Å². The Bertz CT molecular complexity index is 769. The molecule has 0 unspecified atom stereocenters. The Balaban J connectivity index is 2.37. The van der Waals surface area contributed by atoms with Crippen molar-refractivity contribution in [3.63, 3.8) is 0 Å². The number of hydrogen-bond acceptors (Lipinski definition) is 4. The monoisotopic (exact) mass is 362 g/mol. The lowest BCUT2D eigenvalue weighted by Gasteiger charge is -2.12. The molecule has 1 aromatic heterocycles. The minimum absolute atomic E-state index is 0.0294. The zero-order valence-electron chi connectivity index (χ0n) is 15.2. The Labute approximate surface area is 151 Å². The number of nitrogens with one attached hydrogen (secondary N) is 1. The van der Waals surface area contributed by atoms with Crippen LogP contribution in [0.1, 0.15) is 23.0 Å². The zero-order chi connectivity index (χ0) is 19.1. The molecule has 0 saturated carbocycles. The van der Waals surface area contributed by atoms with Crippen molar-refractivity contribution in [3.8, 4) is 11.3 Å². The molecule has 2 rings (SSSR count). The van der Waals surface area contributed by atoms with Crippen LogP contribution in [0.2, 0.25) is 0 Å². The molecular formula is C19H23FN2O4. The quantitative estimate of drug-likeness (QED) is 0.579. The molecule has 140 valence electrons. The molecule has 0 aliphatic rings. The van der Waals surface area contributed by atoms with E-state index in [0.29, 0.717) is 35.7 Å². The third-order valence-corrected chi connectivity index (χ3v) is 3.93. The Morgan fingerprint density at radius 2 is 1.92 bits per heavy atom. The summed E-state index contributed by atoms with van der Waals surface area (Å²) in [6.45, 7) is 4.58. The van der Waals surface area contributed by atoms with Crippen LogP contribution in [0.15, 0.2) is 30.3 Å². The first kappa shape index (κ1) is 19.7. The largest absolute Gasteiger partial charge is 0.462 e. The highest BCUT2D eigenvalue weighted by atomic mass is 19.1. The highest BCUT2D eigenvalue weighted by molar-refractivity contribution is 5.93. The molecule has 26 heavy (non-hydrogen) atoms. The topological polar surface area (TPSA) is 69.6 Å². The lowest BCUT2D eigenvalue weighted by atomic mass is 10.1. The van der Waals surface area contributed by atoms with E-state index in [4.69, 9.17) is 9.47 Å². The fourth-order valence-corrected chi connectivity index (χ4v) is 2.62. The van der Waals surface area contributed by atoms with Gasteiger partial charge < -0.3 is 19.4 Å². The van der Waals surface area contributed by atoms with Crippen LogP contribution in [-0.2, 0) is 20.8 Å². The van der Waals surface area contributed by atoms with Crippen molar-refractivity contribution in [1.82, 2.24) is 9.88 Å². The van der Waals surface area contributed by atoms with E-state index in [1.165, 1.54) is 12.1 Å². The molecule has 0 bridgehead atoms. The van der Waals surface area contributed by atoms with Gasteiger partial charge in [0, 0.05) is 25.0 Å². The second-order valence-corrected chi connectivity index (χ2v) is 5.68. The summed E-state index contributed by atoms with van der Waals surface area (Å²) in [4.78, 5) is 24.4. The van der Waals surface area contributed by atoms with Gasteiger partial charge in [-0.15, -0.1) is 0 Å². The van der Waals surface area contributed by atoms with Gasteiger partial charge in [-0.25, -0.2) is 9.18 Å². The van der Waals surface area contributed by atoms with Gasteiger partial charge in [-0.3, -0.25) is 4.79 Å². The smallest absolute Gasteiger partial charge is 0.339 e. The van der Waals surface area contributed by atoms with E-state index in [9.17, 15) is 14.0 Å². The summed E-state index contributed by atoms with van der Waals surface area (Å²) in [5, 5.41) is 2.75. The third-order valence-electron chi connectivity index (χ3n) is 3.93. The van der Waals surface area contributed by atoms with Crippen molar-refractivity contribution in [3.05, 3.63) is 47.4 Å². The van der Waals surface area contributed by atoms with Gasteiger partial charge in [-0.1, -0.05) is 0 Å². The number of esters is 1. The predicted octanol–water partition coefficient (Wildman–Crippen LogP) is 2.54. The molecule has 0 aliphatic heterocycles. The predicted molar refractivity (Wildman–Crippen MR) is 95.4 cm³/mol. The molecule has 1 heterocycles. The average molecular weight is 362 g/mol. The van der Waals surface area contributed by atoms with E-state index < -0.39 is 5.97 Å². The summed E-state index contributed by atoms with van der Waals surface area (Å²) in [5.74, 6) is -1.02. The van der Waals surface area contributed by atoms with Crippen molar-refractivity contribution in [2.24, 2.45) is 0 Å². The fraction of sp³-hybridized carbons (Fsp3) is 0.368. The maximum Gasteiger partial charge on any atom is 0.339 e. The Morgan fingerprint density at radius 3 is 2.54 bits per heavy atom. The second-order valence-electron chi connectivity index (χ2n) is 5.68. The normalized spacial score (nSPS) is 10.6. The number of carbonyl (C=O) groups is 2. The standard InChI is InChI=1S/C19H23FN2O4/c1-4-26-19(24)16-11-17(14-5-7-15(20)8-6-14)22(13(16)2)12-18(23)21-9-10-25-3/h5-8,11H,4,9-10,12H2,1-3H3,(H,21,23). The summed E-state index contributed by atoms with van der Waals surface area (Å²) in [5.41, 5.74) is 2.35. The first-order valence-electron chi connectivity index (χ1n) is 8.36. The van der Waals surface area contributed by atoms with Crippen LogP contribution >= 0.6 is 0 Å². The number of amides is 1. The van der Waals surface area contributed by atoms with Crippen LogP contribution < -0.4 is 5.32 Å². The van der Waals surface area contributed by atoms with E-state index in [1.807, 2.05) is 0 Å². The highest BCUT2D eigenvalue weighted by Crippen LogP contribution is 2.27. The van der Waals surface area contributed by atoms with Gasteiger partial charge in [0.2, 0.25) is 5.91 Å². The number of rotatable bonds is 8. The molecule has 2 aromatic rings. The number of methoxy groups -OCH3 is 1. The Hall–Kier alpha value is -2.67. The highest BCUT2D eigenvalue weighted by Gasteiger charge is 2.20. The molecule has 0 radical (unpaired) electrons. The Morgan fingerprint density at radius 1 is 1.23 bits per heavy atom. The lowest BCUT2D eigenvalue weighted by Crippen LogP contribution is -2.30. The van der Waals surface area contributed by atoms with E-state index in [0.717, 1.165) is 0 Å². The van der Waals surface area contributed by atoms with Crippen molar-refractivity contribution in [2.75, 3.05) is 26.9 Å². The van der Waals surface area contributed by atoms with Crippen LogP contribution in [0.5, 0.6) is 0 Å². The summed E-state index contributed by atoms with van der Waals surface area (Å²) in [6, 6.07) is 7.56. The number of aromatic nitrogens is 1. The fourth-order valence-electron chi connectivity index (χ4n) is 2.62. The Kier molecular flexibility index (Phi) is 6.91. The molecule has 1 N–H and O–H groups in total. The molecule has 6 nitrogen and oxygen atoms in total. The molecule has 0 fully saturated rings. The van der Waals surface area contributed by atoms with Crippen LogP contribution in [0, 0.1) is 12.7 Å². The van der Waals surface area contributed by atoms with Crippen LogP contribution in [0.25, 0.3) is 11.3 Å². The molecule has 1 amide bonds. The molecule has 0 aliphatic carbocycles. The van der Waals surface area contributed by atoms with Crippen molar-refractivity contribution >= 4 is 11.9 Å². The van der Waals surface area contributed by atoms with Crippen molar-refractivity contribution in [1.29, 1.82) is 0 Å². The van der Waals surface area contributed by atoms with Gasteiger partial charge in [-0.05, 0) is 49.7 Å². The van der Waals surface area contributed by atoms with E-state index in [-0.39, 0.29) is 24.9 Å². The van der Waals surface area contributed by atoms with E-state index >= 15 is 0 Å². The molecule has 0 saturated heterocycles. The maximum absolute atomic E-state index is 13.2. The number of benzene rings is 1. The van der Waals surface area contributed by atoms with Crippen molar-refractivity contribution in [2.45, 2.75) is 20.4 Å². The molecule has 1 aromatic carbocycles. The second kappa shape index (κ2) is 9.15. The summed E-state index contributed by atoms with van der Waals surface area (Å²) in [7, 11) is 1.56. The molecule has 7 heteroatoms.